The van der Waals surface area contributed by atoms with Gasteiger partial charge in [0.05, 0.1) is 57.4 Å². The molecule has 1 radical (unpaired) electrons. The molecule has 40 heavy (non-hydrogen) atoms. The van der Waals surface area contributed by atoms with Gasteiger partial charge in [0.25, 0.3) is 0 Å². The van der Waals surface area contributed by atoms with Crippen LogP contribution in [0.5, 0.6) is 0 Å². The normalized spacial score (nSPS) is 17.8. The average molecular weight is 611 g/mol. The summed E-state index contributed by atoms with van der Waals surface area (Å²) >= 11 is 0. The topological polar surface area (TPSA) is 182 Å². The molecule has 3 fully saturated rings. The zero-order valence-corrected chi connectivity index (χ0v) is 24.4. The van der Waals surface area contributed by atoms with E-state index in [1.54, 1.807) is 15.0 Å². The molecule has 0 aromatic carbocycles. The van der Waals surface area contributed by atoms with Crippen LogP contribution in [0.1, 0.15) is 40.0 Å². The number of rotatable bonds is 9. The summed E-state index contributed by atoms with van der Waals surface area (Å²) in [4.78, 5) is 64.9. The van der Waals surface area contributed by atoms with E-state index in [1.165, 1.54) is 20.8 Å². The van der Waals surface area contributed by atoms with E-state index in [2.05, 4.69) is 16.3 Å². The number of hydrogen-bond donors (Lipinski definition) is 0. The Bertz CT molecular complexity index is 710. The molecule has 0 unspecified atom stereocenters. The van der Waals surface area contributed by atoms with Crippen molar-refractivity contribution in [2.24, 2.45) is 0 Å². The second kappa shape index (κ2) is 22.4. The van der Waals surface area contributed by atoms with Crippen LogP contribution in [0, 0.1) is 0 Å². The van der Waals surface area contributed by atoms with Crippen molar-refractivity contribution in [2.45, 2.75) is 40.0 Å². The number of ether oxygens (including phenoxy) is 3. The van der Waals surface area contributed by atoms with Gasteiger partial charge in [-0.3, -0.25) is 14.4 Å². The summed E-state index contributed by atoms with van der Waals surface area (Å²) < 4.78 is 15.2. The van der Waals surface area contributed by atoms with Crippen molar-refractivity contribution >= 4 is 35.1 Å². The molecule has 15 nitrogen and oxygen atoms in total. The molecule has 227 valence electrons. The summed E-state index contributed by atoms with van der Waals surface area (Å²) in [7, 11) is 0. The van der Waals surface area contributed by atoms with Gasteiger partial charge in [-0.15, -0.1) is 0 Å². The van der Waals surface area contributed by atoms with Crippen molar-refractivity contribution in [1.29, 1.82) is 0 Å². The fourth-order valence-corrected chi connectivity index (χ4v) is 3.18. The van der Waals surface area contributed by atoms with Crippen LogP contribution in [0.15, 0.2) is 0 Å². The first kappa shape index (κ1) is 37.7. The first-order valence-corrected chi connectivity index (χ1v) is 12.7. The molecule has 16 heteroatoms. The first-order valence-electron chi connectivity index (χ1n) is 12.7. The van der Waals surface area contributed by atoms with Gasteiger partial charge in [-0.1, -0.05) is 0 Å². The van der Waals surface area contributed by atoms with Crippen LogP contribution in [-0.4, -0.2) is 129 Å². The number of ketones is 3. The van der Waals surface area contributed by atoms with E-state index in [0.717, 1.165) is 0 Å². The van der Waals surface area contributed by atoms with Crippen LogP contribution in [0.2, 0.25) is 0 Å². The fourth-order valence-electron chi connectivity index (χ4n) is 3.18. The molecule has 3 aliphatic heterocycles. The van der Waals surface area contributed by atoms with Crippen LogP contribution < -0.4 is 0 Å². The molecule has 0 N–H and O–H groups in total. The zero-order chi connectivity index (χ0) is 29.0. The van der Waals surface area contributed by atoms with Crippen molar-refractivity contribution in [3.8, 4) is 0 Å². The SMILES string of the molecule is CC(=O)CC(=O)[N-]N1CCOCC1.CC(=O)CC(=O)[N-]N1CCOCC1.CC(=O)CC(=O)[N-]N1CCOCC1.[Fe+3]. The number of Topliss-reactive ketones (excluding diaryl/α,β-unsaturated/α-hetero) is 3. The third kappa shape index (κ3) is 20.6. The Morgan fingerprint density at radius 1 is 0.475 bits per heavy atom. The molecular formula is C24H39FeN6O9. The molecule has 3 saturated heterocycles. The minimum absolute atomic E-state index is 0. The second-order valence-electron chi connectivity index (χ2n) is 8.82. The summed E-state index contributed by atoms with van der Waals surface area (Å²) in [6.45, 7) is 11.5. The van der Waals surface area contributed by atoms with E-state index in [9.17, 15) is 28.8 Å². The molecule has 3 rings (SSSR count). The van der Waals surface area contributed by atoms with Gasteiger partial charge in [0.15, 0.2) is 0 Å². The number of hydrogen-bond acceptors (Lipinski definition) is 12. The van der Waals surface area contributed by atoms with Crippen LogP contribution in [0.25, 0.3) is 16.3 Å². The Morgan fingerprint density at radius 3 is 0.850 bits per heavy atom. The van der Waals surface area contributed by atoms with Crippen molar-refractivity contribution in [3.05, 3.63) is 16.3 Å². The number of morpholine rings is 3. The predicted molar refractivity (Wildman–Crippen MR) is 138 cm³/mol. The van der Waals surface area contributed by atoms with Crippen LogP contribution in [0.4, 0.5) is 0 Å². The molecule has 0 aromatic rings. The van der Waals surface area contributed by atoms with Gasteiger partial charge in [0, 0.05) is 58.5 Å². The number of nitrogens with zero attached hydrogens (tertiary/aromatic N) is 6. The molecule has 0 aliphatic carbocycles. The Hall–Kier alpha value is -2.30. The monoisotopic (exact) mass is 611 g/mol. The van der Waals surface area contributed by atoms with Gasteiger partial charge in [-0.25, -0.2) is 0 Å². The standard InChI is InChI=1S/3C8H14N2O3.Fe/c3*1-7(11)6-8(12)9-10-2-4-13-5-3-10;/h3*2-6H2,1H3,(H,9,12);/q;;;+3/p-3. The van der Waals surface area contributed by atoms with Gasteiger partial charge in [-0.05, 0) is 20.8 Å². The molecule has 0 saturated carbocycles. The average Bonchev–Trinajstić information content (AvgIpc) is 2.85. The third-order valence-corrected chi connectivity index (χ3v) is 4.92. The van der Waals surface area contributed by atoms with Crippen LogP contribution >= 0.6 is 0 Å². The summed E-state index contributed by atoms with van der Waals surface area (Å²) in [5, 5.41) is 4.94. The fraction of sp³-hybridized carbons (Fsp3) is 0.750. The van der Waals surface area contributed by atoms with Crippen molar-refractivity contribution < 1.29 is 60.0 Å². The van der Waals surface area contributed by atoms with E-state index < -0.39 is 0 Å². The molecule has 3 amide bonds. The molecule has 0 aromatic heterocycles. The molecule has 3 aliphatic rings. The summed E-state index contributed by atoms with van der Waals surface area (Å²) in [6.07, 6.45) is -0.300. The maximum Gasteiger partial charge on any atom is 3.00 e. The predicted octanol–water partition coefficient (Wildman–Crippen LogP) is 0.337. The van der Waals surface area contributed by atoms with Gasteiger partial charge in [0.1, 0.15) is 17.3 Å². The Kier molecular flexibility index (Phi) is 21.1. The summed E-state index contributed by atoms with van der Waals surface area (Å²) in [6, 6.07) is 0. The maximum atomic E-state index is 11.1. The van der Waals surface area contributed by atoms with E-state index in [4.69, 9.17) is 14.2 Å². The zero-order valence-electron chi connectivity index (χ0n) is 23.3. The van der Waals surface area contributed by atoms with Gasteiger partial charge >= 0.3 is 17.1 Å². The quantitative estimate of drug-likeness (QED) is 0.258. The summed E-state index contributed by atoms with van der Waals surface area (Å²) in [5.41, 5.74) is 11.3. The van der Waals surface area contributed by atoms with Crippen molar-refractivity contribution in [3.63, 3.8) is 0 Å². The van der Waals surface area contributed by atoms with Crippen molar-refractivity contribution in [1.82, 2.24) is 15.0 Å². The minimum Gasteiger partial charge on any atom is -0.588 e. The smallest absolute Gasteiger partial charge is 0.588 e. The van der Waals surface area contributed by atoms with E-state index in [1.807, 2.05) is 0 Å². The largest absolute Gasteiger partial charge is 3.00 e. The molecule has 3 heterocycles. The van der Waals surface area contributed by atoms with Crippen LogP contribution in [-0.2, 0) is 60.0 Å². The Labute approximate surface area is 245 Å². The Balaban J connectivity index is 0.000000563. The minimum atomic E-state index is -0.366. The number of carbonyl (C=O) groups excluding carboxylic acids is 6. The van der Waals surface area contributed by atoms with Crippen LogP contribution in [0.3, 0.4) is 0 Å². The summed E-state index contributed by atoms with van der Waals surface area (Å²) in [5.74, 6) is -1.55. The van der Waals surface area contributed by atoms with E-state index >= 15 is 0 Å². The maximum absolute atomic E-state index is 11.1. The second-order valence-corrected chi connectivity index (χ2v) is 8.82. The van der Waals surface area contributed by atoms with Gasteiger partial charge < -0.3 is 59.9 Å². The molecular weight excluding hydrogens is 572 g/mol. The van der Waals surface area contributed by atoms with E-state index in [0.29, 0.717) is 78.9 Å². The number of amides is 3. The molecule has 0 atom stereocenters. The molecule has 0 spiro atoms. The number of carbonyl (C=O) groups is 6. The molecule has 0 bridgehead atoms. The Morgan fingerprint density at radius 2 is 0.675 bits per heavy atom. The van der Waals surface area contributed by atoms with Crippen molar-refractivity contribution in [2.75, 3.05) is 78.9 Å². The van der Waals surface area contributed by atoms with E-state index in [-0.39, 0.29) is 71.4 Å². The third-order valence-electron chi connectivity index (χ3n) is 4.92. The van der Waals surface area contributed by atoms with Gasteiger partial charge in [0.2, 0.25) is 0 Å². The first-order chi connectivity index (χ1) is 18.5. The van der Waals surface area contributed by atoms with Gasteiger partial charge in [-0.2, -0.15) is 0 Å².